The summed E-state index contributed by atoms with van der Waals surface area (Å²) in [6, 6.07) is 4.11. The third-order valence-electron chi connectivity index (χ3n) is 2.01. The summed E-state index contributed by atoms with van der Waals surface area (Å²) in [5.74, 6) is 0.962. The second kappa shape index (κ2) is 5.78. The van der Waals surface area contributed by atoms with Crippen molar-refractivity contribution in [3.05, 3.63) is 24.2 Å². The lowest BCUT2D eigenvalue weighted by Gasteiger charge is -2.10. The van der Waals surface area contributed by atoms with Gasteiger partial charge in [0.1, 0.15) is 5.76 Å². The van der Waals surface area contributed by atoms with E-state index in [1.54, 1.807) is 6.26 Å². The van der Waals surface area contributed by atoms with Crippen molar-refractivity contribution >= 4 is 0 Å². The van der Waals surface area contributed by atoms with E-state index in [0.29, 0.717) is 0 Å². The Bertz CT molecular complexity index is 209. The molecule has 0 radical (unpaired) electrons. The maximum absolute atomic E-state index is 8.57. The molecule has 0 saturated heterocycles. The molecule has 0 bridgehead atoms. The number of unbranched alkanes of at least 4 members (excludes halogenated alkanes) is 1. The standard InChI is InChI=1S/C10H17NO2/c1-9(10-5-4-8-13-10)11-6-2-3-7-12/h4-5,8-9,11-12H,2-3,6-7H2,1H3/t9-/m1/s1. The number of furan rings is 1. The summed E-state index contributed by atoms with van der Waals surface area (Å²) >= 11 is 0. The summed E-state index contributed by atoms with van der Waals surface area (Å²) in [6.45, 7) is 3.26. The molecule has 0 aliphatic rings. The average molecular weight is 183 g/mol. The Hall–Kier alpha value is -0.800. The monoisotopic (exact) mass is 183 g/mol. The van der Waals surface area contributed by atoms with E-state index < -0.39 is 0 Å². The molecule has 1 heterocycles. The van der Waals surface area contributed by atoms with Gasteiger partial charge in [-0.25, -0.2) is 0 Å². The van der Waals surface area contributed by atoms with Gasteiger partial charge in [0.05, 0.1) is 12.3 Å². The van der Waals surface area contributed by atoms with Gasteiger partial charge in [0, 0.05) is 6.61 Å². The molecule has 1 aromatic heterocycles. The maximum Gasteiger partial charge on any atom is 0.120 e. The molecule has 1 rings (SSSR count). The van der Waals surface area contributed by atoms with Crippen LogP contribution < -0.4 is 5.32 Å². The van der Waals surface area contributed by atoms with Crippen LogP contribution in [0.15, 0.2) is 22.8 Å². The zero-order chi connectivity index (χ0) is 9.52. The summed E-state index contributed by atoms with van der Waals surface area (Å²) in [4.78, 5) is 0. The van der Waals surface area contributed by atoms with Crippen molar-refractivity contribution in [3.63, 3.8) is 0 Å². The van der Waals surface area contributed by atoms with E-state index in [4.69, 9.17) is 9.52 Å². The first-order chi connectivity index (χ1) is 6.34. The van der Waals surface area contributed by atoms with Gasteiger partial charge >= 0.3 is 0 Å². The highest BCUT2D eigenvalue weighted by Crippen LogP contribution is 2.11. The van der Waals surface area contributed by atoms with Crippen molar-refractivity contribution in [2.75, 3.05) is 13.2 Å². The predicted molar refractivity (Wildman–Crippen MR) is 51.4 cm³/mol. The number of rotatable bonds is 6. The van der Waals surface area contributed by atoms with Crippen LogP contribution in [0.1, 0.15) is 31.6 Å². The summed E-state index contributed by atoms with van der Waals surface area (Å²) in [5, 5.41) is 11.9. The lowest BCUT2D eigenvalue weighted by molar-refractivity contribution is 0.282. The summed E-state index contributed by atoms with van der Waals surface area (Å²) < 4.78 is 5.24. The van der Waals surface area contributed by atoms with Gasteiger partial charge in [-0.2, -0.15) is 0 Å². The number of aliphatic hydroxyl groups is 1. The Morgan fingerprint density at radius 1 is 1.54 bits per heavy atom. The largest absolute Gasteiger partial charge is 0.468 e. The van der Waals surface area contributed by atoms with Crippen molar-refractivity contribution in [3.8, 4) is 0 Å². The molecule has 0 aliphatic carbocycles. The molecule has 74 valence electrons. The molecule has 3 heteroatoms. The highest BCUT2D eigenvalue weighted by Gasteiger charge is 2.05. The zero-order valence-electron chi connectivity index (χ0n) is 7.99. The Morgan fingerprint density at radius 3 is 3.00 bits per heavy atom. The van der Waals surface area contributed by atoms with Crippen molar-refractivity contribution < 1.29 is 9.52 Å². The Morgan fingerprint density at radius 2 is 2.38 bits per heavy atom. The summed E-state index contributed by atoms with van der Waals surface area (Å²) in [6.07, 6.45) is 3.54. The van der Waals surface area contributed by atoms with Gasteiger partial charge in [-0.1, -0.05) is 0 Å². The van der Waals surface area contributed by atoms with Crippen LogP contribution in [0.25, 0.3) is 0 Å². The van der Waals surface area contributed by atoms with Crippen LogP contribution in [-0.2, 0) is 0 Å². The van der Waals surface area contributed by atoms with Gasteiger partial charge in [-0.3, -0.25) is 0 Å². The second-order valence-electron chi connectivity index (χ2n) is 3.12. The molecule has 0 aliphatic heterocycles. The van der Waals surface area contributed by atoms with Crippen LogP contribution in [0.2, 0.25) is 0 Å². The first-order valence-electron chi connectivity index (χ1n) is 4.72. The smallest absolute Gasteiger partial charge is 0.120 e. The maximum atomic E-state index is 8.57. The predicted octanol–water partition coefficient (Wildman–Crippen LogP) is 1.70. The SMILES string of the molecule is C[C@@H](NCCCCO)c1ccco1. The lowest BCUT2D eigenvalue weighted by atomic mass is 10.2. The fourth-order valence-electron chi connectivity index (χ4n) is 1.19. The molecule has 0 amide bonds. The van der Waals surface area contributed by atoms with E-state index >= 15 is 0 Å². The van der Waals surface area contributed by atoms with Crippen molar-refractivity contribution in [1.82, 2.24) is 5.32 Å². The number of nitrogens with one attached hydrogen (secondary N) is 1. The summed E-state index contributed by atoms with van der Waals surface area (Å²) in [7, 11) is 0. The zero-order valence-corrected chi connectivity index (χ0v) is 7.99. The fourth-order valence-corrected chi connectivity index (χ4v) is 1.19. The highest BCUT2D eigenvalue weighted by atomic mass is 16.3. The third-order valence-corrected chi connectivity index (χ3v) is 2.01. The lowest BCUT2D eigenvalue weighted by Crippen LogP contribution is -2.19. The van der Waals surface area contributed by atoms with Crippen LogP contribution in [-0.4, -0.2) is 18.3 Å². The molecule has 0 unspecified atom stereocenters. The summed E-state index contributed by atoms with van der Waals surface area (Å²) in [5.41, 5.74) is 0. The van der Waals surface area contributed by atoms with Crippen molar-refractivity contribution in [2.45, 2.75) is 25.8 Å². The molecule has 0 spiro atoms. The van der Waals surface area contributed by atoms with Gasteiger partial charge in [0.25, 0.3) is 0 Å². The molecular weight excluding hydrogens is 166 g/mol. The van der Waals surface area contributed by atoms with E-state index in [2.05, 4.69) is 12.2 Å². The molecule has 0 aromatic carbocycles. The van der Waals surface area contributed by atoms with E-state index in [0.717, 1.165) is 25.1 Å². The van der Waals surface area contributed by atoms with Crippen molar-refractivity contribution in [1.29, 1.82) is 0 Å². The molecule has 1 aromatic rings. The van der Waals surface area contributed by atoms with E-state index in [1.165, 1.54) is 0 Å². The Labute approximate surface area is 78.8 Å². The first-order valence-corrected chi connectivity index (χ1v) is 4.72. The van der Waals surface area contributed by atoms with Crippen molar-refractivity contribution in [2.24, 2.45) is 0 Å². The molecule has 0 fully saturated rings. The Kier molecular flexibility index (Phi) is 4.57. The number of hydrogen-bond acceptors (Lipinski definition) is 3. The third kappa shape index (κ3) is 3.61. The number of hydrogen-bond donors (Lipinski definition) is 2. The second-order valence-corrected chi connectivity index (χ2v) is 3.12. The van der Waals surface area contributed by atoms with Crippen LogP contribution in [0.4, 0.5) is 0 Å². The Balaban J connectivity index is 2.15. The molecule has 13 heavy (non-hydrogen) atoms. The molecule has 3 nitrogen and oxygen atoms in total. The molecule has 1 atom stereocenters. The van der Waals surface area contributed by atoms with Gasteiger partial charge in [-0.05, 0) is 38.4 Å². The van der Waals surface area contributed by atoms with Gasteiger partial charge < -0.3 is 14.8 Å². The topological polar surface area (TPSA) is 45.4 Å². The van der Waals surface area contributed by atoms with Crippen LogP contribution in [0, 0.1) is 0 Å². The molecule has 0 saturated carbocycles. The van der Waals surface area contributed by atoms with Crippen LogP contribution >= 0.6 is 0 Å². The fraction of sp³-hybridized carbons (Fsp3) is 0.600. The minimum atomic E-state index is 0.258. The minimum absolute atomic E-state index is 0.258. The van der Waals surface area contributed by atoms with E-state index in [1.807, 2.05) is 12.1 Å². The van der Waals surface area contributed by atoms with Crippen LogP contribution in [0.5, 0.6) is 0 Å². The van der Waals surface area contributed by atoms with Gasteiger partial charge in [0.15, 0.2) is 0 Å². The minimum Gasteiger partial charge on any atom is -0.468 e. The quantitative estimate of drug-likeness (QED) is 0.660. The van der Waals surface area contributed by atoms with E-state index in [9.17, 15) is 0 Å². The van der Waals surface area contributed by atoms with Crippen LogP contribution in [0.3, 0.4) is 0 Å². The normalized spacial score (nSPS) is 13.1. The molecule has 2 N–H and O–H groups in total. The van der Waals surface area contributed by atoms with Gasteiger partial charge in [-0.15, -0.1) is 0 Å². The first kappa shape index (κ1) is 10.3. The highest BCUT2D eigenvalue weighted by molar-refractivity contribution is 5.02. The van der Waals surface area contributed by atoms with E-state index in [-0.39, 0.29) is 12.6 Å². The molecular formula is C10H17NO2. The number of aliphatic hydroxyl groups excluding tert-OH is 1. The average Bonchev–Trinajstić information content (AvgIpc) is 2.65. The van der Waals surface area contributed by atoms with Gasteiger partial charge in [0.2, 0.25) is 0 Å².